The Balaban J connectivity index is 2.11. The first-order chi connectivity index (χ1) is 9.65. The van der Waals surface area contributed by atoms with Crippen LogP contribution in [0.4, 0.5) is 4.79 Å². The predicted molar refractivity (Wildman–Crippen MR) is 78.7 cm³/mol. The van der Waals surface area contributed by atoms with Gasteiger partial charge in [0.2, 0.25) is 0 Å². The molecule has 0 aromatic carbocycles. The van der Waals surface area contributed by atoms with Crippen LogP contribution in [-0.2, 0) is 4.79 Å². The summed E-state index contributed by atoms with van der Waals surface area (Å²) in [5.41, 5.74) is 0. The minimum absolute atomic E-state index is 0.107. The van der Waals surface area contributed by atoms with Crippen LogP contribution in [0.2, 0.25) is 0 Å². The number of nitrogens with one attached hydrogen (secondary N) is 1. The Kier molecular flexibility index (Phi) is 8.07. The molecule has 0 bridgehead atoms. The lowest BCUT2D eigenvalue weighted by Crippen LogP contribution is -2.47. The summed E-state index contributed by atoms with van der Waals surface area (Å²) in [6.07, 6.45) is 8.65. The maximum absolute atomic E-state index is 11.9. The molecule has 0 radical (unpaired) electrons. The molecule has 0 aliphatic carbocycles. The van der Waals surface area contributed by atoms with Crippen LogP contribution < -0.4 is 5.32 Å². The van der Waals surface area contributed by atoms with E-state index in [1.54, 1.807) is 4.90 Å². The number of amides is 2. The van der Waals surface area contributed by atoms with E-state index in [9.17, 15) is 9.59 Å². The van der Waals surface area contributed by atoms with Gasteiger partial charge in [-0.1, -0.05) is 39.0 Å². The third-order valence-corrected chi connectivity index (χ3v) is 3.86. The molecular weight excluding hydrogens is 256 g/mol. The average molecular weight is 284 g/mol. The number of carbonyl (C=O) groups excluding carboxylic acids is 1. The monoisotopic (exact) mass is 284 g/mol. The molecule has 0 aromatic rings. The van der Waals surface area contributed by atoms with E-state index >= 15 is 0 Å². The zero-order chi connectivity index (χ0) is 14.8. The van der Waals surface area contributed by atoms with Gasteiger partial charge in [-0.25, -0.2) is 4.79 Å². The van der Waals surface area contributed by atoms with Crippen molar-refractivity contribution in [1.82, 2.24) is 10.2 Å². The van der Waals surface area contributed by atoms with Crippen LogP contribution in [-0.4, -0.2) is 41.6 Å². The van der Waals surface area contributed by atoms with Gasteiger partial charge in [0.1, 0.15) is 0 Å². The van der Waals surface area contributed by atoms with E-state index in [0.717, 1.165) is 19.3 Å². The lowest BCUT2D eigenvalue weighted by atomic mass is 9.99. The van der Waals surface area contributed by atoms with Crippen molar-refractivity contribution in [2.75, 3.05) is 19.6 Å². The van der Waals surface area contributed by atoms with E-state index in [2.05, 4.69) is 12.2 Å². The van der Waals surface area contributed by atoms with E-state index in [1.807, 2.05) is 0 Å². The van der Waals surface area contributed by atoms with Gasteiger partial charge >= 0.3 is 12.0 Å². The molecule has 116 valence electrons. The largest absolute Gasteiger partial charge is 0.481 e. The number of likely N-dealkylation sites (tertiary alicyclic amines) is 1. The third kappa shape index (κ3) is 6.26. The second-order valence-corrected chi connectivity index (χ2v) is 5.62. The van der Waals surface area contributed by atoms with Crippen LogP contribution in [0.5, 0.6) is 0 Å². The Morgan fingerprint density at radius 1 is 1.20 bits per heavy atom. The molecular formula is C15H28N2O3. The fourth-order valence-corrected chi connectivity index (χ4v) is 2.58. The molecule has 1 atom stereocenters. The fraction of sp³-hybridized carbons (Fsp3) is 0.867. The lowest BCUT2D eigenvalue weighted by molar-refractivity contribution is -0.143. The van der Waals surface area contributed by atoms with Crippen LogP contribution in [0.25, 0.3) is 0 Å². The number of piperidine rings is 1. The quantitative estimate of drug-likeness (QED) is 0.673. The number of nitrogens with zero attached hydrogens (tertiary/aromatic N) is 1. The molecule has 1 unspecified atom stereocenters. The first kappa shape index (κ1) is 16.8. The highest BCUT2D eigenvalue weighted by Gasteiger charge is 2.27. The highest BCUT2D eigenvalue weighted by atomic mass is 16.4. The third-order valence-electron chi connectivity index (χ3n) is 3.86. The number of urea groups is 1. The smallest absolute Gasteiger partial charge is 0.317 e. The summed E-state index contributed by atoms with van der Waals surface area (Å²) in [4.78, 5) is 24.5. The fourth-order valence-electron chi connectivity index (χ4n) is 2.58. The molecule has 1 heterocycles. The minimum atomic E-state index is -0.793. The molecule has 1 aliphatic heterocycles. The van der Waals surface area contributed by atoms with Crippen LogP contribution in [0, 0.1) is 5.92 Å². The van der Waals surface area contributed by atoms with E-state index in [4.69, 9.17) is 5.11 Å². The number of unbranched alkanes of at least 4 members (excludes halogenated alkanes) is 5. The van der Waals surface area contributed by atoms with E-state index in [0.29, 0.717) is 26.1 Å². The molecule has 1 aliphatic rings. The number of rotatable bonds is 8. The van der Waals surface area contributed by atoms with Crippen molar-refractivity contribution in [3.05, 3.63) is 0 Å². The summed E-state index contributed by atoms with van der Waals surface area (Å²) in [7, 11) is 0. The van der Waals surface area contributed by atoms with Gasteiger partial charge in [-0.05, 0) is 19.3 Å². The van der Waals surface area contributed by atoms with Crippen LogP contribution in [0.15, 0.2) is 0 Å². The first-order valence-electron chi connectivity index (χ1n) is 7.90. The van der Waals surface area contributed by atoms with Gasteiger partial charge in [0, 0.05) is 19.6 Å². The predicted octanol–water partition coefficient (Wildman–Crippen LogP) is 2.85. The summed E-state index contributed by atoms with van der Waals surface area (Å²) in [6.45, 7) is 3.91. The van der Waals surface area contributed by atoms with Crippen molar-refractivity contribution in [2.45, 2.75) is 58.3 Å². The molecule has 1 fully saturated rings. The molecule has 2 N–H and O–H groups in total. The summed E-state index contributed by atoms with van der Waals surface area (Å²) in [6, 6.07) is -0.107. The van der Waals surface area contributed by atoms with Crippen LogP contribution in [0.3, 0.4) is 0 Å². The van der Waals surface area contributed by atoms with E-state index < -0.39 is 11.9 Å². The first-order valence-corrected chi connectivity index (χ1v) is 7.90. The topological polar surface area (TPSA) is 69.6 Å². The maximum atomic E-state index is 11.9. The molecule has 1 saturated heterocycles. The van der Waals surface area contributed by atoms with E-state index in [1.165, 1.54) is 25.7 Å². The number of hydrogen-bond acceptors (Lipinski definition) is 2. The maximum Gasteiger partial charge on any atom is 0.317 e. The number of hydrogen-bond donors (Lipinski definition) is 2. The van der Waals surface area contributed by atoms with Gasteiger partial charge in [-0.2, -0.15) is 0 Å². The highest BCUT2D eigenvalue weighted by molar-refractivity contribution is 5.76. The van der Waals surface area contributed by atoms with Crippen molar-refractivity contribution >= 4 is 12.0 Å². The molecule has 5 nitrogen and oxygen atoms in total. The highest BCUT2D eigenvalue weighted by Crippen LogP contribution is 2.16. The molecule has 0 saturated carbocycles. The van der Waals surface area contributed by atoms with Crippen LogP contribution in [0.1, 0.15) is 58.3 Å². The normalized spacial score (nSPS) is 18.9. The molecule has 0 spiro atoms. The zero-order valence-corrected chi connectivity index (χ0v) is 12.6. The Morgan fingerprint density at radius 3 is 2.60 bits per heavy atom. The Labute approximate surface area is 121 Å². The van der Waals surface area contributed by atoms with Crippen molar-refractivity contribution in [1.29, 1.82) is 0 Å². The SMILES string of the molecule is CCCCCCCCNC(=O)N1CCCC(C(=O)O)C1. The Morgan fingerprint density at radius 2 is 1.90 bits per heavy atom. The Hall–Kier alpha value is -1.26. The number of carboxylic acids is 1. The number of carboxylic acid groups (broad SMARTS) is 1. The zero-order valence-electron chi connectivity index (χ0n) is 12.6. The van der Waals surface area contributed by atoms with Crippen molar-refractivity contribution in [3.8, 4) is 0 Å². The van der Waals surface area contributed by atoms with Crippen LogP contribution >= 0.6 is 0 Å². The molecule has 20 heavy (non-hydrogen) atoms. The summed E-state index contributed by atoms with van der Waals surface area (Å²) in [5, 5.41) is 11.9. The lowest BCUT2D eigenvalue weighted by Gasteiger charge is -2.30. The summed E-state index contributed by atoms with van der Waals surface area (Å²) < 4.78 is 0. The summed E-state index contributed by atoms with van der Waals surface area (Å²) >= 11 is 0. The molecule has 1 rings (SSSR count). The average Bonchev–Trinajstić information content (AvgIpc) is 2.46. The minimum Gasteiger partial charge on any atom is -0.481 e. The molecule has 0 aromatic heterocycles. The van der Waals surface area contributed by atoms with Gasteiger partial charge in [-0.3, -0.25) is 4.79 Å². The van der Waals surface area contributed by atoms with Crippen molar-refractivity contribution < 1.29 is 14.7 Å². The van der Waals surface area contributed by atoms with Gasteiger partial charge in [0.15, 0.2) is 0 Å². The summed E-state index contributed by atoms with van der Waals surface area (Å²) in [5.74, 6) is -1.19. The van der Waals surface area contributed by atoms with Crippen molar-refractivity contribution in [3.63, 3.8) is 0 Å². The van der Waals surface area contributed by atoms with Gasteiger partial charge < -0.3 is 15.3 Å². The molecule has 5 heteroatoms. The standard InChI is InChI=1S/C15H28N2O3/c1-2-3-4-5-6-7-10-16-15(20)17-11-8-9-13(12-17)14(18)19/h13H,2-12H2,1H3,(H,16,20)(H,18,19). The van der Waals surface area contributed by atoms with Gasteiger partial charge in [-0.15, -0.1) is 0 Å². The number of carbonyl (C=O) groups is 2. The van der Waals surface area contributed by atoms with Crippen molar-refractivity contribution in [2.24, 2.45) is 5.92 Å². The van der Waals surface area contributed by atoms with Gasteiger partial charge in [0.05, 0.1) is 5.92 Å². The van der Waals surface area contributed by atoms with E-state index in [-0.39, 0.29) is 6.03 Å². The van der Waals surface area contributed by atoms with Gasteiger partial charge in [0.25, 0.3) is 0 Å². The second-order valence-electron chi connectivity index (χ2n) is 5.62. The second kappa shape index (κ2) is 9.61. The molecule has 2 amide bonds. The number of aliphatic carboxylic acids is 1. The Bertz CT molecular complexity index is 307.